The molecule has 2 aliphatic rings. The highest BCUT2D eigenvalue weighted by Gasteiger charge is 2.31. The van der Waals surface area contributed by atoms with Crippen LogP contribution in [-0.2, 0) is 32.7 Å². The van der Waals surface area contributed by atoms with Gasteiger partial charge < -0.3 is 15.1 Å². The number of benzene rings is 2. The maximum atomic E-state index is 13.2. The lowest BCUT2D eigenvalue weighted by atomic mass is 10.00. The summed E-state index contributed by atoms with van der Waals surface area (Å²) in [5.74, 6) is 0. The Morgan fingerprint density at radius 3 is 2.40 bits per heavy atom. The van der Waals surface area contributed by atoms with E-state index in [-0.39, 0.29) is 11.7 Å². The first-order valence-corrected chi connectivity index (χ1v) is 15.2. The molecule has 2 aromatic carbocycles. The molecule has 43 heavy (non-hydrogen) atoms. The van der Waals surface area contributed by atoms with Gasteiger partial charge in [-0.1, -0.05) is 24.3 Å². The minimum atomic E-state index is -4.38. The van der Waals surface area contributed by atoms with Crippen molar-refractivity contribution in [3.8, 4) is 11.3 Å². The van der Waals surface area contributed by atoms with Crippen molar-refractivity contribution >= 4 is 28.4 Å². The van der Waals surface area contributed by atoms with Gasteiger partial charge in [0.2, 0.25) is 0 Å². The molecule has 12 heteroatoms. The van der Waals surface area contributed by atoms with E-state index in [4.69, 9.17) is 17.3 Å². The van der Waals surface area contributed by atoms with E-state index in [0.717, 1.165) is 92.8 Å². The first kappa shape index (κ1) is 29.4. The zero-order chi connectivity index (χ0) is 30.3. The minimum absolute atomic E-state index is 0.0426. The minimum Gasteiger partial charge on any atom is -0.366 e. The van der Waals surface area contributed by atoms with E-state index in [9.17, 15) is 18.0 Å². The summed E-state index contributed by atoms with van der Waals surface area (Å²) in [6.07, 6.45) is -0.880. The van der Waals surface area contributed by atoms with Crippen LogP contribution in [0.15, 0.2) is 53.3 Å². The van der Waals surface area contributed by atoms with Crippen LogP contribution in [0.2, 0.25) is 0 Å². The third kappa shape index (κ3) is 5.70. The van der Waals surface area contributed by atoms with Crippen molar-refractivity contribution in [2.45, 2.75) is 51.0 Å². The molecule has 8 nitrogen and oxygen atoms in total. The highest BCUT2D eigenvalue weighted by Crippen LogP contribution is 2.34. The summed E-state index contributed by atoms with van der Waals surface area (Å²) < 4.78 is 45.3. The van der Waals surface area contributed by atoms with Crippen LogP contribution >= 0.6 is 12.2 Å². The number of hydrogen-bond donors (Lipinski definition) is 1. The first-order valence-electron chi connectivity index (χ1n) is 14.8. The summed E-state index contributed by atoms with van der Waals surface area (Å²) in [6.45, 7) is 4.80. The molecule has 0 unspecified atom stereocenters. The lowest BCUT2D eigenvalue weighted by Gasteiger charge is -2.32. The summed E-state index contributed by atoms with van der Waals surface area (Å²) >= 11 is 5.48. The zero-order valence-corrected chi connectivity index (χ0v) is 25.2. The number of likely N-dealkylation sites (tertiary alicyclic amines) is 1. The van der Waals surface area contributed by atoms with Gasteiger partial charge in [-0.3, -0.25) is 13.8 Å². The van der Waals surface area contributed by atoms with E-state index in [1.165, 1.54) is 12.1 Å². The molecular formula is C31H36F3N7OS. The fourth-order valence-electron chi connectivity index (χ4n) is 6.57. The van der Waals surface area contributed by atoms with Crippen molar-refractivity contribution in [1.29, 1.82) is 0 Å². The highest BCUT2D eigenvalue weighted by atomic mass is 32.1. The average Bonchev–Trinajstić information content (AvgIpc) is 3.50. The zero-order valence-electron chi connectivity index (χ0n) is 24.4. The molecule has 4 aromatic rings. The molecule has 6 rings (SSSR count). The van der Waals surface area contributed by atoms with Crippen LogP contribution < -0.4 is 11.0 Å². The van der Waals surface area contributed by atoms with Crippen LogP contribution in [0.25, 0.3) is 22.3 Å². The second-order valence-corrected chi connectivity index (χ2v) is 11.8. The van der Waals surface area contributed by atoms with Crippen LogP contribution in [0.4, 0.5) is 13.2 Å². The van der Waals surface area contributed by atoms with Crippen LogP contribution in [0.5, 0.6) is 0 Å². The lowest BCUT2D eigenvalue weighted by Crippen LogP contribution is -2.41. The van der Waals surface area contributed by atoms with Gasteiger partial charge in [-0.25, -0.2) is 4.79 Å². The molecule has 1 N–H and O–H groups in total. The van der Waals surface area contributed by atoms with Crippen molar-refractivity contribution in [2.24, 2.45) is 7.05 Å². The molecule has 2 aromatic heterocycles. The average molecular weight is 612 g/mol. The molecule has 4 heterocycles. The summed E-state index contributed by atoms with van der Waals surface area (Å²) in [5.41, 5.74) is 4.86. The van der Waals surface area contributed by atoms with E-state index >= 15 is 0 Å². The Balaban J connectivity index is 1.14. The fraction of sp³-hybridized carbons (Fsp3) is 0.452. The maximum Gasteiger partial charge on any atom is 0.416 e. The van der Waals surface area contributed by atoms with Crippen LogP contribution in [0, 0.1) is 0 Å². The van der Waals surface area contributed by atoms with E-state index in [2.05, 4.69) is 15.1 Å². The summed E-state index contributed by atoms with van der Waals surface area (Å²) in [7, 11) is 3.63. The maximum absolute atomic E-state index is 13.2. The molecular weight excluding hydrogens is 575 g/mol. The Hall–Kier alpha value is -3.64. The van der Waals surface area contributed by atoms with Gasteiger partial charge in [0, 0.05) is 76.1 Å². The van der Waals surface area contributed by atoms with Gasteiger partial charge >= 0.3 is 11.9 Å². The van der Waals surface area contributed by atoms with Crippen LogP contribution in [0.1, 0.15) is 42.1 Å². The Morgan fingerprint density at radius 1 is 1.02 bits per heavy atom. The fourth-order valence-corrected chi connectivity index (χ4v) is 6.73. The molecule has 0 saturated carbocycles. The predicted octanol–water partition coefficient (Wildman–Crippen LogP) is 4.81. The van der Waals surface area contributed by atoms with Gasteiger partial charge in [0.15, 0.2) is 5.11 Å². The molecule has 0 radical (unpaired) electrons. The summed E-state index contributed by atoms with van der Waals surface area (Å²) in [6, 6.07) is 13.4. The number of nitrogens with one attached hydrogen (secondary N) is 1. The van der Waals surface area contributed by atoms with E-state index in [0.29, 0.717) is 22.9 Å². The second kappa shape index (κ2) is 11.8. The van der Waals surface area contributed by atoms with Gasteiger partial charge in [-0.05, 0) is 62.3 Å². The highest BCUT2D eigenvalue weighted by molar-refractivity contribution is 7.80. The van der Waals surface area contributed by atoms with Crippen molar-refractivity contribution in [1.82, 2.24) is 34.0 Å². The number of imidazole rings is 1. The van der Waals surface area contributed by atoms with E-state index in [1.807, 2.05) is 40.6 Å². The third-order valence-electron chi connectivity index (χ3n) is 8.88. The van der Waals surface area contributed by atoms with E-state index < -0.39 is 11.7 Å². The van der Waals surface area contributed by atoms with Gasteiger partial charge in [0.1, 0.15) is 0 Å². The molecule has 0 spiro atoms. The van der Waals surface area contributed by atoms with Gasteiger partial charge in [-0.2, -0.15) is 18.3 Å². The molecule has 0 bridgehead atoms. The lowest BCUT2D eigenvalue weighted by molar-refractivity contribution is -0.137. The largest absolute Gasteiger partial charge is 0.416 e. The summed E-state index contributed by atoms with van der Waals surface area (Å²) in [4.78, 5) is 17.5. The van der Waals surface area contributed by atoms with E-state index in [1.54, 1.807) is 11.6 Å². The molecule has 0 amide bonds. The number of nitrogens with zero attached hydrogens (tertiary/aromatic N) is 6. The topological polar surface area (TPSA) is 63.3 Å². The smallest absolute Gasteiger partial charge is 0.366 e. The van der Waals surface area contributed by atoms with Gasteiger partial charge in [0.25, 0.3) is 0 Å². The molecule has 0 aliphatic carbocycles. The normalized spacial score (nSPS) is 16.5. The number of thiocarbonyl (C=S) groups is 1. The number of piperidine rings is 1. The molecule has 228 valence electrons. The Bertz CT molecular complexity index is 1680. The quantitative estimate of drug-likeness (QED) is 0.316. The Morgan fingerprint density at radius 2 is 1.72 bits per heavy atom. The van der Waals surface area contributed by atoms with Crippen LogP contribution in [0.3, 0.4) is 0 Å². The predicted molar refractivity (Wildman–Crippen MR) is 165 cm³/mol. The number of hydrogen-bond acceptors (Lipinski definition) is 4. The SMILES string of the molecule is CNC(=S)N1CCc2c(c(-c3ccc(C(F)(F)F)cc3)nn2CCCN2CCC(n3c(=O)n(C)c4ccccc43)CC2)C1. The number of halogens is 3. The molecule has 1 saturated heterocycles. The Kier molecular flexibility index (Phi) is 8.08. The number of alkyl halides is 3. The van der Waals surface area contributed by atoms with Crippen molar-refractivity contribution in [3.05, 3.63) is 75.8 Å². The van der Waals surface area contributed by atoms with Crippen molar-refractivity contribution in [2.75, 3.05) is 33.2 Å². The number of aromatic nitrogens is 4. The molecule has 1 fully saturated rings. The molecule has 2 aliphatic heterocycles. The van der Waals surface area contributed by atoms with Crippen molar-refractivity contribution in [3.63, 3.8) is 0 Å². The summed E-state index contributed by atoms with van der Waals surface area (Å²) in [5, 5.41) is 8.61. The van der Waals surface area contributed by atoms with Crippen LogP contribution in [-0.4, -0.2) is 67.1 Å². The number of fused-ring (bicyclic) bond motifs is 2. The first-order chi connectivity index (χ1) is 20.7. The van der Waals surface area contributed by atoms with Gasteiger partial charge in [0.05, 0.1) is 22.3 Å². The number of para-hydroxylation sites is 2. The molecule has 0 atom stereocenters. The monoisotopic (exact) mass is 611 g/mol. The number of rotatable bonds is 6. The number of aryl methyl sites for hydroxylation is 2. The third-order valence-corrected chi connectivity index (χ3v) is 9.35. The standard InChI is InChI=1S/C31H36F3N7OS/c1-35-29(43)39-19-14-25-24(20-39)28(21-8-10-22(11-9-21)31(32,33)34)36-40(25)16-5-15-38-17-12-23(13-18-38)41-27-7-4-3-6-26(27)37(2)30(41)42/h3-4,6-11,23H,5,12-20H2,1-2H3,(H,35,43). The Labute approximate surface area is 253 Å². The van der Waals surface area contributed by atoms with Gasteiger partial charge in [-0.15, -0.1) is 0 Å². The van der Waals surface area contributed by atoms with Crippen molar-refractivity contribution < 1.29 is 13.2 Å². The second-order valence-electron chi connectivity index (χ2n) is 11.4.